The lowest BCUT2D eigenvalue weighted by Crippen LogP contribution is -2.44. The summed E-state index contributed by atoms with van der Waals surface area (Å²) in [6.07, 6.45) is -1.26. The Hall–Kier alpha value is -6.12. The standard InChI is InChI=1S/C40H47NO14/c1-38(2,3)55-37(48)41-27(32(42)43)20-24-18-19-30(53-35(46)39(4,5)22-51-33(44)25-14-10-12-16-28(25)49-8)31(21-24)54-36(47)40(6,7)23-52-34(45)26-15-11-13-17-29(26)50-9/h10-19,21,27H,20,22-23H2,1-9H3,(H,41,48)(H,42,43)/t27-/m0/s1. The van der Waals surface area contributed by atoms with Crippen LogP contribution < -0.4 is 24.3 Å². The summed E-state index contributed by atoms with van der Waals surface area (Å²) < 4.78 is 37.9. The number of hydrogen-bond donors (Lipinski definition) is 2. The smallest absolute Gasteiger partial charge is 0.408 e. The molecule has 296 valence electrons. The van der Waals surface area contributed by atoms with Gasteiger partial charge in [-0.1, -0.05) is 30.3 Å². The number of carboxylic acid groups (broad SMARTS) is 1. The van der Waals surface area contributed by atoms with Crippen molar-refractivity contribution >= 4 is 35.9 Å². The molecule has 3 rings (SSSR count). The summed E-state index contributed by atoms with van der Waals surface area (Å²) in [5.74, 6) is -4.60. The number of aliphatic carboxylic acids is 1. The van der Waals surface area contributed by atoms with Crippen molar-refractivity contribution < 1.29 is 67.0 Å². The molecule has 0 aliphatic heterocycles. The fourth-order valence-corrected chi connectivity index (χ4v) is 4.60. The fraction of sp³-hybridized carbons (Fsp3) is 0.400. The van der Waals surface area contributed by atoms with Crippen molar-refractivity contribution in [1.82, 2.24) is 5.32 Å². The van der Waals surface area contributed by atoms with Crippen LogP contribution in [-0.2, 0) is 35.0 Å². The zero-order valence-electron chi connectivity index (χ0n) is 32.3. The number of rotatable bonds is 16. The maximum absolute atomic E-state index is 13.6. The lowest BCUT2D eigenvalue weighted by Gasteiger charge is -2.25. The van der Waals surface area contributed by atoms with Crippen LogP contribution in [0.3, 0.4) is 0 Å². The minimum Gasteiger partial charge on any atom is -0.496 e. The normalized spacial score (nSPS) is 12.0. The predicted octanol–water partition coefficient (Wildman–Crippen LogP) is 5.80. The molecule has 2 N–H and O–H groups in total. The number of esters is 4. The molecule has 0 aromatic heterocycles. The van der Waals surface area contributed by atoms with E-state index in [-0.39, 0.29) is 46.1 Å². The number of methoxy groups -OCH3 is 2. The maximum Gasteiger partial charge on any atom is 0.408 e. The Balaban J connectivity index is 1.87. The Bertz CT molecular complexity index is 1890. The Morgan fingerprint density at radius 3 is 1.53 bits per heavy atom. The molecule has 0 unspecified atom stereocenters. The molecule has 0 saturated heterocycles. The maximum atomic E-state index is 13.6. The third kappa shape index (κ3) is 12.5. The number of carbonyl (C=O) groups excluding carboxylic acids is 5. The summed E-state index contributed by atoms with van der Waals surface area (Å²) in [6, 6.07) is 15.3. The molecule has 0 radical (unpaired) electrons. The molecule has 55 heavy (non-hydrogen) atoms. The van der Waals surface area contributed by atoms with Crippen LogP contribution >= 0.6 is 0 Å². The van der Waals surface area contributed by atoms with Gasteiger partial charge in [-0.15, -0.1) is 0 Å². The van der Waals surface area contributed by atoms with E-state index in [2.05, 4.69) is 5.32 Å². The number of carbonyl (C=O) groups is 6. The van der Waals surface area contributed by atoms with Gasteiger partial charge in [0.15, 0.2) is 11.5 Å². The van der Waals surface area contributed by atoms with E-state index < -0.39 is 71.6 Å². The number of benzene rings is 3. The highest BCUT2D eigenvalue weighted by molar-refractivity contribution is 5.93. The van der Waals surface area contributed by atoms with E-state index >= 15 is 0 Å². The molecule has 15 heteroatoms. The van der Waals surface area contributed by atoms with Crippen molar-refractivity contribution in [3.63, 3.8) is 0 Å². The molecule has 0 bridgehead atoms. The van der Waals surface area contributed by atoms with Gasteiger partial charge < -0.3 is 43.6 Å². The number of alkyl carbamates (subject to hydrolysis) is 1. The topological polar surface area (TPSA) is 199 Å². The van der Waals surface area contributed by atoms with Gasteiger partial charge in [-0.25, -0.2) is 19.2 Å². The van der Waals surface area contributed by atoms with Crippen molar-refractivity contribution in [2.24, 2.45) is 10.8 Å². The van der Waals surface area contributed by atoms with Gasteiger partial charge >= 0.3 is 35.9 Å². The summed E-state index contributed by atoms with van der Waals surface area (Å²) in [6.45, 7) is 9.91. The Kier molecular flexibility index (Phi) is 14.4. The first kappa shape index (κ1) is 43.3. The van der Waals surface area contributed by atoms with Crippen LogP contribution in [0.2, 0.25) is 0 Å². The second-order valence-corrected chi connectivity index (χ2v) is 14.6. The van der Waals surface area contributed by atoms with E-state index in [4.69, 9.17) is 33.2 Å². The molecule has 0 saturated carbocycles. The van der Waals surface area contributed by atoms with Gasteiger partial charge in [-0.3, -0.25) is 9.59 Å². The molecular weight excluding hydrogens is 718 g/mol. The number of hydrogen-bond acceptors (Lipinski definition) is 13. The molecule has 1 amide bonds. The van der Waals surface area contributed by atoms with Crippen molar-refractivity contribution in [3.05, 3.63) is 83.4 Å². The van der Waals surface area contributed by atoms with Crippen molar-refractivity contribution in [2.75, 3.05) is 27.4 Å². The highest BCUT2D eigenvalue weighted by Crippen LogP contribution is 2.34. The van der Waals surface area contributed by atoms with Crippen molar-refractivity contribution in [2.45, 2.75) is 66.5 Å². The molecule has 0 spiro atoms. The third-order valence-corrected chi connectivity index (χ3v) is 7.73. The summed E-state index contributed by atoms with van der Waals surface area (Å²) in [5, 5.41) is 12.2. The first-order chi connectivity index (χ1) is 25.7. The minimum atomic E-state index is -1.46. The van der Waals surface area contributed by atoms with Gasteiger partial charge in [0.25, 0.3) is 0 Å². The quantitative estimate of drug-likeness (QED) is 0.101. The Morgan fingerprint density at radius 2 is 1.09 bits per heavy atom. The van der Waals surface area contributed by atoms with E-state index in [1.165, 1.54) is 72.2 Å². The lowest BCUT2D eigenvalue weighted by molar-refractivity contribution is -0.149. The van der Waals surface area contributed by atoms with Crippen LogP contribution in [0.15, 0.2) is 66.7 Å². The minimum absolute atomic E-state index is 0.139. The SMILES string of the molecule is COc1ccccc1C(=O)OCC(C)(C)C(=O)Oc1ccc(C[C@H](NC(=O)OC(C)(C)C)C(=O)O)cc1OC(=O)C(C)(C)COC(=O)c1ccccc1OC. The van der Waals surface area contributed by atoms with Crippen LogP contribution in [0.4, 0.5) is 4.79 Å². The number of ether oxygens (including phenoxy) is 7. The van der Waals surface area contributed by atoms with Crippen LogP contribution in [0.5, 0.6) is 23.0 Å². The summed E-state index contributed by atoms with van der Waals surface area (Å²) in [5.41, 5.74) is -3.22. The molecule has 15 nitrogen and oxygen atoms in total. The van der Waals surface area contributed by atoms with Gasteiger partial charge in [-0.05, 0) is 90.4 Å². The van der Waals surface area contributed by atoms with Gasteiger partial charge in [0.05, 0.1) is 25.0 Å². The van der Waals surface area contributed by atoms with Crippen molar-refractivity contribution in [1.29, 1.82) is 0 Å². The van der Waals surface area contributed by atoms with Gasteiger partial charge in [0, 0.05) is 6.42 Å². The van der Waals surface area contributed by atoms with Gasteiger partial charge in [0.1, 0.15) is 47.5 Å². The van der Waals surface area contributed by atoms with Crippen LogP contribution in [0.1, 0.15) is 74.7 Å². The second-order valence-electron chi connectivity index (χ2n) is 14.6. The van der Waals surface area contributed by atoms with E-state index in [9.17, 15) is 33.9 Å². The Morgan fingerprint density at radius 1 is 0.636 bits per heavy atom. The zero-order valence-corrected chi connectivity index (χ0v) is 32.3. The molecular formula is C40H47NO14. The average Bonchev–Trinajstić information content (AvgIpc) is 3.12. The Labute approximate surface area is 319 Å². The van der Waals surface area contributed by atoms with Gasteiger partial charge in [0.2, 0.25) is 0 Å². The monoisotopic (exact) mass is 765 g/mol. The van der Waals surface area contributed by atoms with E-state index in [1.54, 1.807) is 57.2 Å². The highest BCUT2D eigenvalue weighted by Gasteiger charge is 2.36. The summed E-state index contributed by atoms with van der Waals surface area (Å²) in [4.78, 5) is 77.3. The van der Waals surface area contributed by atoms with E-state index in [1.807, 2.05) is 0 Å². The molecule has 3 aromatic rings. The molecule has 0 heterocycles. The first-order valence-electron chi connectivity index (χ1n) is 17.1. The number of amides is 1. The number of nitrogens with one attached hydrogen (secondary N) is 1. The average molecular weight is 766 g/mol. The van der Waals surface area contributed by atoms with Crippen molar-refractivity contribution in [3.8, 4) is 23.0 Å². The van der Waals surface area contributed by atoms with Crippen LogP contribution in [0.25, 0.3) is 0 Å². The van der Waals surface area contributed by atoms with Crippen LogP contribution in [-0.4, -0.2) is 80.1 Å². The molecule has 0 aliphatic carbocycles. The lowest BCUT2D eigenvalue weighted by atomic mass is 9.95. The zero-order chi connectivity index (χ0) is 41.1. The van der Waals surface area contributed by atoms with E-state index in [0.29, 0.717) is 0 Å². The second kappa shape index (κ2) is 18.3. The summed E-state index contributed by atoms with van der Waals surface area (Å²) >= 11 is 0. The van der Waals surface area contributed by atoms with Gasteiger partial charge in [-0.2, -0.15) is 0 Å². The molecule has 3 aromatic carbocycles. The highest BCUT2D eigenvalue weighted by atomic mass is 16.6. The summed E-state index contributed by atoms with van der Waals surface area (Å²) in [7, 11) is 2.80. The number of para-hydroxylation sites is 2. The molecule has 0 aliphatic rings. The predicted molar refractivity (Wildman–Crippen MR) is 196 cm³/mol. The first-order valence-corrected chi connectivity index (χ1v) is 17.1. The number of carboxylic acids is 1. The molecule has 0 fully saturated rings. The van der Waals surface area contributed by atoms with Crippen LogP contribution in [0, 0.1) is 10.8 Å². The third-order valence-electron chi connectivity index (χ3n) is 7.73. The molecule has 1 atom stereocenters. The van der Waals surface area contributed by atoms with E-state index in [0.717, 1.165) is 0 Å². The largest absolute Gasteiger partial charge is 0.496 e. The fourth-order valence-electron chi connectivity index (χ4n) is 4.60.